The summed E-state index contributed by atoms with van der Waals surface area (Å²) in [5.41, 5.74) is 28.9. The fourth-order valence-electron chi connectivity index (χ4n) is 8.29. The lowest BCUT2D eigenvalue weighted by Gasteiger charge is -2.25. The SMILES string of the molecule is CCCCC[C@@H](N)C(=O)N[C@H](CCCCN)C(=O)CC(=O)[C@H](CCCCN)NC(=O)CN(CCNC(=O)CN(CCNC(=O)CN(CCNC(=O)CN(CCNC(=O)[C@@H](N)CCCCN)C(=O)CC)C(=O)CC)C(=O)CC)C(=O)CC. The molecule has 0 aromatic rings. The molecule has 0 unspecified atom stereocenters. The normalized spacial score (nSPS) is 12.4. The highest BCUT2D eigenvalue weighted by atomic mass is 16.2. The molecule has 0 aromatic heterocycles. The third-order valence-electron chi connectivity index (χ3n) is 13.2. The van der Waals surface area contributed by atoms with Crippen LogP contribution in [0.15, 0.2) is 0 Å². The molecule has 0 aliphatic heterocycles. The first kappa shape index (κ1) is 74.8. The molecule has 0 heterocycles. The standard InChI is InChI=1S/C54H101N15O12/c1-6-11-12-19-40(59)54(81)65-42(22-15-18-25-57)44(71)34-43(70)41(21-14-17-24-56)64-48(75)38-69(52(79)10-5)32-28-62-46(73)36-67(50(77)8-3)30-26-60-45(72)35-66(49(76)7-2)31-27-61-47(74)37-68(51(78)9-4)33-29-63-53(80)39(58)20-13-16-23-55/h39-42H,6-38,55-59H2,1-5H3,(H,60,72)(H,61,74)(H,62,73)(H,63,80)(H,64,75)(H,65,81)/t39-,40+,41-,42+/m0/s1. The fraction of sp³-hybridized carbons (Fsp3) is 0.778. The number of rotatable bonds is 48. The summed E-state index contributed by atoms with van der Waals surface area (Å²) in [6, 6.07) is -3.63. The number of unbranched alkanes of at least 4 members (excludes halogenated alkanes) is 5. The molecule has 0 saturated carbocycles. The molecule has 27 nitrogen and oxygen atoms in total. The molecule has 0 aliphatic carbocycles. The van der Waals surface area contributed by atoms with E-state index in [1.807, 2.05) is 6.92 Å². The van der Waals surface area contributed by atoms with Crippen LogP contribution in [0.1, 0.15) is 150 Å². The Morgan fingerprint density at radius 3 is 1.02 bits per heavy atom. The number of hydrogen-bond acceptors (Lipinski definition) is 17. The first-order valence-corrected chi connectivity index (χ1v) is 29.1. The van der Waals surface area contributed by atoms with Crippen molar-refractivity contribution in [3.63, 3.8) is 0 Å². The summed E-state index contributed by atoms with van der Waals surface area (Å²) in [6.07, 6.45) is 7.10. The maximum atomic E-state index is 13.7. The van der Waals surface area contributed by atoms with Gasteiger partial charge in [-0.05, 0) is 77.4 Å². The maximum Gasteiger partial charge on any atom is 0.240 e. The Kier molecular flexibility index (Phi) is 42.0. The summed E-state index contributed by atoms with van der Waals surface area (Å²) in [7, 11) is 0. The second kappa shape index (κ2) is 45.5. The number of nitrogens with one attached hydrogen (secondary N) is 6. The van der Waals surface area contributed by atoms with Crippen molar-refractivity contribution in [2.75, 3.05) is 98.2 Å². The van der Waals surface area contributed by atoms with Gasteiger partial charge < -0.3 is 80.2 Å². The van der Waals surface area contributed by atoms with Crippen molar-refractivity contribution in [3.05, 3.63) is 0 Å². The molecule has 0 rings (SSSR count). The Balaban J connectivity index is 5.51. The van der Waals surface area contributed by atoms with Crippen molar-refractivity contribution < 1.29 is 57.5 Å². The Bertz CT molecular complexity index is 1960. The van der Waals surface area contributed by atoms with Crippen molar-refractivity contribution in [2.45, 2.75) is 174 Å². The Hall–Kier alpha value is -6.16. The molecule has 0 radical (unpaired) electrons. The number of ketones is 2. The van der Waals surface area contributed by atoms with Gasteiger partial charge >= 0.3 is 0 Å². The van der Waals surface area contributed by atoms with Gasteiger partial charge in [0.15, 0.2) is 11.6 Å². The van der Waals surface area contributed by atoms with E-state index in [0.29, 0.717) is 64.6 Å². The second-order valence-corrected chi connectivity index (χ2v) is 19.9. The lowest BCUT2D eigenvalue weighted by Crippen LogP contribution is -2.51. The summed E-state index contributed by atoms with van der Waals surface area (Å²) in [6.45, 7) is 7.81. The van der Waals surface area contributed by atoms with Gasteiger partial charge in [-0.1, -0.05) is 60.3 Å². The average molecular weight is 1150 g/mol. The van der Waals surface area contributed by atoms with E-state index in [9.17, 15) is 57.5 Å². The number of hydrogen-bond donors (Lipinski definition) is 11. The lowest BCUT2D eigenvalue weighted by atomic mass is 9.95. The summed E-state index contributed by atoms with van der Waals surface area (Å²) < 4.78 is 0. The predicted molar refractivity (Wildman–Crippen MR) is 307 cm³/mol. The number of nitrogens with two attached hydrogens (primary N) is 5. The van der Waals surface area contributed by atoms with E-state index in [1.165, 1.54) is 19.6 Å². The highest BCUT2D eigenvalue weighted by molar-refractivity contribution is 6.05. The molecule has 0 spiro atoms. The molecule has 81 heavy (non-hydrogen) atoms. The minimum Gasteiger partial charge on any atom is -0.353 e. The van der Waals surface area contributed by atoms with Gasteiger partial charge in [-0.25, -0.2) is 0 Å². The quantitative estimate of drug-likeness (QED) is 0.0222. The van der Waals surface area contributed by atoms with Crippen molar-refractivity contribution in [1.29, 1.82) is 0 Å². The maximum absolute atomic E-state index is 13.7. The van der Waals surface area contributed by atoms with E-state index in [0.717, 1.165) is 25.7 Å². The molecular weight excluding hydrogens is 1050 g/mol. The summed E-state index contributed by atoms with van der Waals surface area (Å²) in [5.74, 6) is -5.83. The van der Waals surface area contributed by atoms with Gasteiger partial charge in [0.05, 0.1) is 56.8 Å². The van der Waals surface area contributed by atoms with Gasteiger partial charge in [-0.2, -0.15) is 0 Å². The zero-order valence-corrected chi connectivity index (χ0v) is 49.2. The van der Waals surface area contributed by atoms with E-state index in [1.54, 1.807) is 27.7 Å². The third-order valence-corrected chi connectivity index (χ3v) is 13.2. The van der Waals surface area contributed by atoms with E-state index in [4.69, 9.17) is 28.7 Å². The molecule has 0 saturated heterocycles. The number of carbonyl (C=O) groups excluding carboxylic acids is 12. The highest BCUT2D eigenvalue weighted by Gasteiger charge is 2.30. The van der Waals surface area contributed by atoms with Crippen LogP contribution in [0, 0.1) is 0 Å². The van der Waals surface area contributed by atoms with Gasteiger partial charge in [-0.3, -0.25) is 57.5 Å². The Morgan fingerprint density at radius 1 is 0.370 bits per heavy atom. The predicted octanol–water partition coefficient (Wildman–Crippen LogP) is -2.47. The van der Waals surface area contributed by atoms with Crippen molar-refractivity contribution in [1.82, 2.24) is 51.5 Å². The summed E-state index contributed by atoms with van der Waals surface area (Å²) in [4.78, 5) is 161. The molecule has 0 bridgehead atoms. The van der Waals surface area contributed by atoms with Crippen LogP contribution in [0.25, 0.3) is 0 Å². The second-order valence-electron chi connectivity index (χ2n) is 19.9. The Labute approximate surface area is 479 Å². The van der Waals surface area contributed by atoms with Gasteiger partial charge in [0.1, 0.15) is 0 Å². The van der Waals surface area contributed by atoms with Crippen LogP contribution in [-0.2, 0) is 57.5 Å². The van der Waals surface area contributed by atoms with Crippen LogP contribution in [0.4, 0.5) is 0 Å². The average Bonchev–Trinajstić information content (AvgIpc) is 3.44. The molecule has 27 heteroatoms. The summed E-state index contributed by atoms with van der Waals surface area (Å²) >= 11 is 0. The first-order chi connectivity index (χ1) is 38.7. The van der Waals surface area contributed by atoms with Crippen molar-refractivity contribution in [3.8, 4) is 0 Å². The van der Waals surface area contributed by atoms with Crippen LogP contribution in [0.5, 0.6) is 0 Å². The van der Waals surface area contributed by atoms with Crippen LogP contribution < -0.4 is 60.6 Å². The number of Topliss-reactive ketones (excluding diaryl/α,β-unsaturated/α-hetero) is 2. The van der Waals surface area contributed by atoms with Gasteiger partial charge in [0, 0.05) is 78.0 Å². The minimum absolute atomic E-state index is 0.0125. The molecule has 16 N–H and O–H groups in total. The minimum atomic E-state index is -1.10. The molecule has 10 amide bonds. The largest absolute Gasteiger partial charge is 0.353 e. The number of carbonyl (C=O) groups is 12. The van der Waals surface area contributed by atoms with Crippen molar-refractivity contribution >= 4 is 70.6 Å². The van der Waals surface area contributed by atoms with Crippen LogP contribution in [0.3, 0.4) is 0 Å². The topological polar surface area (TPSA) is 420 Å². The van der Waals surface area contributed by atoms with Crippen LogP contribution >= 0.6 is 0 Å². The first-order valence-electron chi connectivity index (χ1n) is 29.1. The van der Waals surface area contributed by atoms with E-state index in [2.05, 4.69) is 31.9 Å². The third kappa shape index (κ3) is 34.0. The van der Waals surface area contributed by atoms with Crippen LogP contribution in [0.2, 0.25) is 0 Å². The van der Waals surface area contributed by atoms with E-state index < -0.39 is 96.6 Å². The number of nitrogens with zero attached hydrogens (tertiary/aromatic N) is 4. The van der Waals surface area contributed by atoms with E-state index >= 15 is 0 Å². The Morgan fingerprint density at radius 2 is 0.679 bits per heavy atom. The zero-order valence-electron chi connectivity index (χ0n) is 49.2. The van der Waals surface area contributed by atoms with E-state index in [-0.39, 0.29) is 122 Å². The monoisotopic (exact) mass is 1150 g/mol. The van der Waals surface area contributed by atoms with Gasteiger partial charge in [-0.15, -0.1) is 0 Å². The fourth-order valence-corrected chi connectivity index (χ4v) is 8.29. The van der Waals surface area contributed by atoms with Crippen LogP contribution in [-0.4, -0.2) is 213 Å². The summed E-state index contributed by atoms with van der Waals surface area (Å²) in [5, 5.41) is 16.1. The zero-order chi connectivity index (χ0) is 61.1. The molecule has 4 atom stereocenters. The molecule has 464 valence electrons. The van der Waals surface area contributed by atoms with Gasteiger partial charge in [0.25, 0.3) is 0 Å². The molecule has 0 aliphatic rings. The smallest absolute Gasteiger partial charge is 0.240 e. The highest BCUT2D eigenvalue weighted by Crippen LogP contribution is 2.11. The number of amides is 10. The molecule has 0 fully saturated rings. The van der Waals surface area contributed by atoms with Crippen molar-refractivity contribution in [2.24, 2.45) is 28.7 Å². The van der Waals surface area contributed by atoms with Gasteiger partial charge in [0.2, 0.25) is 59.1 Å². The molecular formula is C54H101N15O12. The molecule has 0 aromatic carbocycles. The lowest BCUT2D eigenvalue weighted by molar-refractivity contribution is -0.137.